The minimum Gasteiger partial charge on any atom is -0.493 e. The number of halogens is 1. The Bertz CT molecular complexity index is 457. The van der Waals surface area contributed by atoms with Gasteiger partial charge in [-0.1, -0.05) is 6.07 Å². The maximum atomic E-state index is 13.6. The van der Waals surface area contributed by atoms with Crippen LogP contribution in [0.2, 0.25) is 0 Å². The smallest absolute Gasteiger partial charge is 0.307 e. The summed E-state index contributed by atoms with van der Waals surface area (Å²) in [5.74, 6) is -1.25. The van der Waals surface area contributed by atoms with Crippen molar-refractivity contribution in [3.63, 3.8) is 0 Å². The highest BCUT2D eigenvalue weighted by molar-refractivity contribution is 5.70. The van der Waals surface area contributed by atoms with Crippen molar-refractivity contribution in [1.82, 2.24) is 0 Å². The van der Waals surface area contributed by atoms with Crippen LogP contribution in [-0.2, 0) is 20.7 Å². The Balaban J connectivity index is 1.80. The van der Waals surface area contributed by atoms with Crippen molar-refractivity contribution >= 4 is 5.97 Å². The molecule has 1 atom stereocenters. The third-order valence-corrected chi connectivity index (χ3v) is 2.96. The van der Waals surface area contributed by atoms with Crippen LogP contribution < -0.4 is 4.74 Å². The van der Waals surface area contributed by atoms with E-state index in [-0.39, 0.29) is 18.1 Å². The van der Waals surface area contributed by atoms with Gasteiger partial charge in [-0.25, -0.2) is 4.39 Å². The molecular weight excluding hydrogens is 267 g/mol. The van der Waals surface area contributed by atoms with Gasteiger partial charge in [-0.15, -0.1) is 0 Å². The number of hydrogen-bond donors (Lipinski definition) is 1. The van der Waals surface area contributed by atoms with Crippen LogP contribution in [0.25, 0.3) is 0 Å². The molecule has 6 heteroatoms. The van der Waals surface area contributed by atoms with Gasteiger partial charge in [0.2, 0.25) is 0 Å². The molecule has 110 valence electrons. The van der Waals surface area contributed by atoms with E-state index in [1.165, 1.54) is 12.1 Å². The molecule has 0 saturated carbocycles. The summed E-state index contributed by atoms with van der Waals surface area (Å²) in [6.45, 7) is 2.15. The molecular formula is C14H17FO5. The minimum atomic E-state index is -1.06. The summed E-state index contributed by atoms with van der Waals surface area (Å²) in [6, 6.07) is 4.20. The highest BCUT2D eigenvalue weighted by Crippen LogP contribution is 2.18. The molecule has 0 aliphatic carbocycles. The normalized spacial score (nSPS) is 18.8. The van der Waals surface area contributed by atoms with Gasteiger partial charge in [-0.2, -0.15) is 0 Å². The van der Waals surface area contributed by atoms with Crippen LogP contribution >= 0.6 is 0 Å². The molecule has 1 saturated heterocycles. The van der Waals surface area contributed by atoms with E-state index in [2.05, 4.69) is 0 Å². The largest absolute Gasteiger partial charge is 0.493 e. The molecule has 0 radical (unpaired) electrons. The van der Waals surface area contributed by atoms with Gasteiger partial charge in [0.25, 0.3) is 0 Å². The second kappa shape index (κ2) is 7.21. The molecule has 1 N–H and O–H groups in total. The maximum absolute atomic E-state index is 13.6. The standard InChI is InChI=1S/C14H17FO5/c15-13-8-11(2-1-10(13)7-14(16)17)19-4-3-12-9-18-5-6-20-12/h1-2,8,12H,3-7,9H2,(H,16,17)/t12-/m0/s1. The van der Waals surface area contributed by atoms with Crippen molar-refractivity contribution in [3.8, 4) is 5.75 Å². The summed E-state index contributed by atoms with van der Waals surface area (Å²) in [5.41, 5.74) is 0.147. The molecule has 1 aliphatic rings. The van der Waals surface area contributed by atoms with Crippen LogP contribution in [0.5, 0.6) is 5.75 Å². The Hall–Kier alpha value is -1.66. The Morgan fingerprint density at radius 2 is 2.30 bits per heavy atom. The second-order valence-electron chi connectivity index (χ2n) is 4.53. The van der Waals surface area contributed by atoms with Gasteiger partial charge < -0.3 is 19.3 Å². The van der Waals surface area contributed by atoms with E-state index in [1.54, 1.807) is 6.07 Å². The molecule has 1 aliphatic heterocycles. The minimum absolute atomic E-state index is 0.0138. The van der Waals surface area contributed by atoms with E-state index in [0.717, 1.165) is 0 Å². The first-order chi connectivity index (χ1) is 9.65. The second-order valence-corrected chi connectivity index (χ2v) is 4.53. The monoisotopic (exact) mass is 284 g/mol. The van der Waals surface area contributed by atoms with E-state index in [1.807, 2.05) is 0 Å². The highest BCUT2D eigenvalue weighted by atomic mass is 19.1. The Morgan fingerprint density at radius 1 is 1.45 bits per heavy atom. The molecule has 1 aromatic rings. The van der Waals surface area contributed by atoms with Crippen LogP contribution in [0.15, 0.2) is 18.2 Å². The van der Waals surface area contributed by atoms with Gasteiger partial charge in [0, 0.05) is 12.5 Å². The quantitative estimate of drug-likeness (QED) is 0.860. The molecule has 0 unspecified atom stereocenters. The van der Waals surface area contributed by atoms with Gasteiger partial charge in [0.15, 0.2) is 0 Å². The van der Waals surface area contributed by atoms with Gasteiger partial charge in [-0.3, -0.25) is 4.79 Å². The molecule has 5 nitrogen and oxygen atoms in total. The van der Waals surface area contributed by atoms with Gasteiger partial charge in [0.1, 0.15) is 11.6 Å². The summed E-state index contributed by atoms with van der Waals surface area (Å²) in [6.07, 6.45) is 0.345. The summed E-state index contributed by atoms with van der Waals surface area (Å²) >= 11 is 0. The number of carbonyl (C=O) groups is 1. The maximum Gasteiger partial charge on any atom is 0.307 e. The van der Waals surface area contributed by atoms with Crippen LogP contribution in [0, 0.1) is 5.82 Å². The van der Waals surface area contributed by atoms with Gasteiger partial charge in [0.05, 0.1) is 39.0 Å². The fourth-order valence-corrected chi connectivity index (χ4v) is 1.94. The van der Waals surface area contributed by atoms with Crippen LogP contribution in [-0.4, -0.2) is 43.6 Å². The lowest BCUT2D eigenvalue weighted by molar-refractivity contribution is -0.136. The fourth-order valence-electron chi connectivity index (χ4n) is 1.94. The van der Waals surface area contributed by atoms with E-state index in [0.29, 0.717) is 38.6 Å². The van der Waals surface area contributed by atoms with Crippen molar-refractivity contribution in [2.24, 2.45) is 0 Å². The summed E-state index contributed by atoms with van der Waals surface area (Å²) in [5, 5.41) is 8.62. The molecule has 1 aromatic carbocycles. The van der Waals surface area contributed by atoms with E-state index < -0.39 is 11.8 Å². The molecule has 0 bridgehead atoms. The molecule has 0 aromatic heterocycles. The van der Waals surface area contributed by atoms with Gasteiger partial charge >= 0.3 is 5.97 Å². The SMILES string of the molecule is O=C(O)Cc1ccc(OCC[C@H]2COCCO2)cc1F. The zero-order chi connectivity index (χ0) is 14.4. The van der Waals surface area contributed by atoms with Crippen molar-refractivity contribution in [2.45, 2.75) is 18.9 Å². The van der Waals surface area contributed by atoms with Gasteiger partial charge in [-0.05, 0) is 11.6 Å². The number of ether oxygens (including phenoxy) is 3. The van der Waals surface area contributed by atoms with Crippen molar-refractivity contribution in [3.05, 3.63) is 29.6 Å². The third-order valence-electron chi connectivity index (χ3n) is 2.96. The van der Waals surface area contributed by atoms with Crippen LogP contribution in [0.1, 0.15) is 12.0 Å². The third kappa shape index (κ3) is 4.47. The van der Waals surface area contributed by atoms with Crippen LogP contribution in [0.4, 0.5) is 4.39 Å². The number of aliphatic carboxylic acids is 1. The summed E-state index contributed by atoms with van der Waals surface area (Å²) in [4.78, 5) is 10.5. The molecule has 20 heavy (non-hydrogen) atoms. The fraction of sp³-hybridized carbons (Fsp3) is 0.500. The lowest BCUT2D eigenvalue weighted by Crippen LogP contribution is -2.29. The molecule has 1 heterocycles. The molecule has 0 spiro atoms. The highest BCUT2D eigenvalue weighted by Gasteiger charge is 2.14. The first-order valence-electron chi connectivity index (χ1n) is 6.47. The predicted octanol–water partition coefficient (Wildman–Crippen LogP) is 1.64. The Morgan fingerprint density at radius 3 is 2.95 bits per heavy atom. The average Bonchev–Trinajstić information content (AvgIpc) is 2.43. The first-order valence-corrected chi connectivity index (χ1v) is 6.47. The zero-order valence-electron chi connectivity index (χ0n) is 11.0. The first kappa shape index (κ1) is 14.7. The Labute approximate surface area is 116 Å². The number of rotatable bonds is 6. The molecule has 1 fully saturated rings. The van der Waals surface area contributed by atoms with Crippen molar-refractivity contribution < 1.29 is 28.5 Å². The molecule has 2 rings (SSSR count). The van der Waals surface area contributed by atoms with E-state index in [9.17, 15) is 9.18 Å². The van der Waals surface area contributed by atoms with Crippen LogP contribution in [0.3, 0.4) is 0 Å². The summed E-state index contributed by atoms with van der Waals surface area (Å²) in [7, 11) is 0. The average molecular weight is 284 g/mol. The van der Waals surface area contributed by atoms with Crippen molar-refractivity contribution in [1.29, 1.82) is 0 Å². The number of carboxylic acids is 1. The number of carboxylic acid groups (broad SMARTS) is 1. The Kier molecular flexibility index (Phi) is 5.31. The number of benzene rings is 1. The predicted molar refractivity (Wildman–Crippen MR) is 68.4 cm³/mol. The van der Waals surface area contributed by atoms with Crippen molar-refractivity contribution in [2.75, 3.05) is 26.4 Å². The molecule has 0 amide bonds. The van der Waals surface area contributed by atoms with E-state index >= 15 is 0 Å². The summed E-state index contributed by atoms with van der Waals surface area (Å²) < 4.78 is 29.7. The topological polar surface area (TPSA) is 65.0 Å². The van der Waals surface area contributed by atoms with E-state index in [4.69, 9.17) is 19.3 Å². The number of hydrogen-bond acceptors (Lipinski definition) is 4. The lowest BCUT2D eigenvalue weighted by atomic mass is 10.1. The zero-order valence-corrected chi connectivity index (χ0v) is 11.0. The lowest BCUT2D eigenvalue weighted by Gasteiger charge is -2.22.